The summed E-state index contributed by atoms with van der Waals surface area (Å²) in [5.74, 6) is 1.62. The highest BCUT2D eigenvalue weighted by atomic mass is 79.9. The van der Waals surface area contributed by atoms with E-state index >= 15 is 0 Å². The fourth-order valence-corrected chi connectivity index (χ4v) is 2.95. The minimum Gasteiger partial charge on any atom is -0.493 e. The zero-order valence-corrected chi connectivity index (χ0v) is 16.0. The lowest BCUT2D eigenvalue weighted by atomic mass is 10.2. The molecule has 134 valence electrons. The lowest BCUT2D eigenvalue weighted by Crippen LogP contribution is -2.36. The molecule has 2 rings (SSSR count). The topological polar surface area (TPSA) is 54.9 Å². The molecule has 0 aliphatic rings. The van der Waals surface area contributed by atoms with Gasteiger partial charge in [0.2, 0.25) is 0 Å². The van der Waals surface area contributed by atoms with Crippen molar-refractivity contribution in [1.29, 1.82) is 0 Å². The zero-order valence-electron chi connectivity index (χ0n) is 14.4. The van der Waals surface area contributed by atoms with Crippen LogP contribution in [0.5, 0.6) is 11.5 Å². The Morgan fingerprint density at radius 2 is 1.84 bits per heavy atom. The Morgan fingerprint density at radius 3 is 2.48 bits per heavy atom. The molecule has 2 aromatic rings. The first-order valence-corrected chi connectivity index (χ1v) is 8.46. The van der Waals surface area contributed by atoms with Crippen LogP contribution in [0.15, 0.2) is 45.9 Å². The highest BCUT2D eigenvalue weighted by molar-refractivity contribution is 9.10. The van der Waals surface area contributed by atoms with Crippen LogP contribution in [0.2, 0.25) is 0 Å². The summed E-state index contributed by atoms with van der Waals surface area (Å²) in [5, 5.41) is 6.28. The molecule has 7 heteroatoms. The maximum Gasteiger partial charge on any atom is 0.191 e. The van der Waals surface area contributed by atoms with E-state index in [9.17, 15) is 4.39 Å². The van der Waals surface area contributed by atoms with E-state index in [1.807, 2.05) is 12.1 Å². The Morgan fingerprint density at radius 1 is 1.12 bits per heavy atom. The molecule has 5 nitrogen and oxygen atoms in total. The third-order valence-corrected chi connectivity index (χ3v) is 4.17. The maximum atomic E-state index is 13.7. The lowest BCUT2D eigenvalue weighted by Gasteiger charge is -2.15. The van der Waals surface area contributed by atoms with E-state index in [4.69, 9.17) is 9.47 Å². The van der Waals surface area contributed by atoms with Crippen molar-refractivity contribution in [2.45, 2.75) is 13.1 Å². The largest absolute Gasteiger partial charge is 0.493 e. The van der Waals surface area contributed by atoms with Crippen molar-refractivity contribution in [2.24, 2.45) is 4.99 Å². The standard InChI is InChI=1S/C18H21BrFN3O2/c1-21-18(23-11-13-6-4-5-7-15(13)20)22-10-12-8-14(19)17(25-3)16(9-12)24-2/h4-9H,10-11H2,1-3H3,(H2,21,22,23). The Kier molecular flexibility index (Phi) is 7.06. The van der Waals surface area contributed by atoms with Crippen molar-refractivity contribution in [3.05, 3.63) is 57.8 Å². The Hall–Kier alpha value is -2.28. The predicted octanol–water partition coefficient (Wildman–Crippen LogP) is 3.47. The van der Waals surface area contributed by atoms with E-state index in [0.717, 1.165) is 10.0 Å². The van der Waals surface area contributed by atoms with E-state index in [1.54, 1.807) is 39.5 Å². The smallest absolute Gasteiger partial charge is 0.191 e. The van der Waals surface area contributed by atoms with Crippen molar-refractivity contribution in [3.63, 3.8) is 0 Å². The van der Waals surface area contributed by atoms with Crippen LogP contribution in [0.1, 0.15) is 11.1 Å². The number of hydrogen-bond donors (Lipinski definition) is 2. The van der Waals surface area contributed by atoms with E-state index in [2.05, 4.69) is 31.6 Å². The molecule has 0 aromatic heterocycles. The van der Waals surface area contributed by atoms with Gasteiger partial charge in [0.05, 0.1) is 18.7 Å². The van der Waals surface area contributed by atoms with E-state index in [1.165, 1.54) is 6.07 Å². The van der Waals surface area contributed by atoms with Crippen molar-refractivity contribution < 1.29 is 13.9 Å². The molecule has 0 aliphatic carbocycles. The fraction of sp³-hybridized carbons (Fsp3) is 0.278. The summed E-state index contributed by atoms with van der Waals surface area (Å²) in [6.07, 6.45) is 0. The number of hydrogen-bond acceptors (Lipinski definition) is 3. The van der Waals surface area contributed by atoms with Gasteiger partial charge in [-0.2, -0.15) is 0 Å². The van der Waals surface area contributed by atoms with Gasteiger partial charge in [0.25, 0.3) is 0 Å². The summed E-state index contributed by atoms with van der Waals surface area (Å²) in [7, 11) is 4.85. The number of nitrogens with one attached hydrogen (secondary N) is 2. The number of halogens is 2. The lowest BCUT2D eigenvalue weighted by molar-refractivity contribution is 0.352. The van der Waals surface area contributed by atoms with Crippen LogP contribution >= 0.6 is 15.9 Å². The second-order valence-electron chi connectivity index (χ2n) is 5.18. The minimum absolute atomic E-state index is 0.241. The molecule has 0 unspecified atom stereocenters. The normalized spacial score (nSPS) is 11.2. The SMILES string of the molecule is CN=C(NCc1cc(Br)c(OC)c(OC)c1)NCc1ccccc1F. The summed E-state index contributed by atoms with van der Waals surface area (Å²) >= 11 is 3.47. The predicted molar refractivity (Wildman–Crippen MR) is 101 cm³/mol. The van der Waals surface area contributed by atoms with Crippen molar-refractivity contribution >= 4 is 21.9 Å². The number of rotatable bonds is 6. The van der Waals surface area contributed by atoms with Crippen molar-refractivity contribution in [1.82, 2.24) is 10.6 Å². The highest BCUT2D eigenvalue weighted by Crippen LogP contribution is 2.36. The average Bonchev–Trinajstić information content (AvgIpc) is 2.62. The number of methoxy groups -OCH3 is 2. The average molecular weight is 410 g/mol. The van der Waals surface area contributed by atoms with Crippen LogP contribution in [-0.4, -0.2) is 27.2 Å². The summed E-state index contributed by atoms with van der Waals surface area (Å²) in [4.78, 5) is 4.15. The van der Waals surface area contributed by atoms with Gasteiger partial charge < -0.3 is 20.1 Å². The molecule has 0 fully saturated rings. The van der Waals surface area contributed by atoms with Gasteiger partial charge in [-0.15, -0.1) is 0 Å². The van der Waals surface area contributed by atoms with Gasteiger partial charge in [-0.1, -0.05) is 18.2 Å². The molecule has 0 aliphatic heterocycles. The molecule has 0 saturated heterocycles. The van der Waals surface area contributed by atoms with Gasteiger partial charge in [-0.3, -0.25) is 4.99 Å². The molecule has 0 radical (unpaired) electrons. The quantitative estimate of drug-likeness (QED) is 0.566. The Balaban J connectivity index is 1.99. The zero-order chi connectivity index (χ0) is 18.2. The van der Waals surface area contributed by atoms with Crippen molar-refractivity contribution in [2.75, 3.05) is 21.3 Å². The molecule has 25 heavy (non-hydrogen) atoms. The van der Waals surface area contributed by atoms with Gasteiger partial charge in [0.15, 0.2) is 17.5 Å². The van der Waals surface area contributed by atoms with Crippen LogP contribution in [0.3, 0.4) is 0 Å². The number of aliphatic imine (C=N–C) groups is 1. The minimum atomic E-state index is -0.241. The molecule has 0 bridgehead atoms. The number of nitrogens with zero attached hydrogens (tertiary/aromatic N) is 1. The summed E-state index contributed by atoms with van der Waals surface area (Å²) in [6, 6.07) is 10.5. The maximum absolute atomic E-state index is 13.7. The monoisotopic (exact) mass is 409 g/mol. The van der Waals surface area contributed by atoms with E-state index < -0.39 is 0 Å². The summed E-state index contributed by atoms with van der Waals surface area (Å²) < 4.78 is 25.1. The molecule has 0 atom stereocenters. The third-order valence-electron chi connectivity index (χ3n) is 3.58. The molecule has 0 heterocycles. The Labute approximate surface area is 155 Å². The van der Waals surface area contributed by atoms with Gasteiger partial charge >= 0.3 is 0 Å². The van der Waals surface area contributed by atoms with Crippen LogP contribution in [0, 0.1) is 5.82 Å². The van der Waals surface area contributed by atoms with Crippen LogP contribution in [0.25, 0.3) is 0 Å². The van der Waals surface area contributed by atoms with E-state index in [0.29, 0.717) is 36.1 Å². The second-order valence-corrected chi connectivity index (χ2v) is 6.04. The first-order chi connectivity index (χ1) is 12.1. The molecule has 2 N–H and O–H groups in total. The molecule has 0 saturated carbocycles. The van der Waals surface area contributed by atoms with Crippen LogP contribution < -0.4 is 20.1 Å². The van der Waals surface area contributed by atoms with Crippen LogP contribution in [0.4, 0.5) is 4.39 Å². The fourth-order valence-electron chi connectivity index (χ4n) is 2.30. The highest BCUT2D eigenvalue weighted by Gasteiger charge is 2.11. The summed E-state index contributed by atoms with van der Waals surface area (Å²) in [6.45, 7) is 0.873. The molecular formula is C18H21BrFN3O2. The van der Waals surface area contributed by atoms with E-state index in [-0.39, 0.29) is 5.82 Å². The van der Waals surface area contributed by atoms with Gasteiger partial charge in [0.1, 0.15) is 5.82 Å². The summed E-state index contributed by atoms with van der Waals surface area (Å²) in [5.41, 5.74) is 1.57. The number of ether oxygens (including phenoxy) is 2. The first kappa shape index (κ1) is 19.1. The van der Waals surface area contributed by atoms with Gasteiger partial charge in [0, 0.05) is 25.7 Å². The van der Waals surface area contributed by atoms with Crippen LogP contribution in [-0.2, 0) is 13.1 Å². The number of guanidine groups is 1. The van der Waals surface area contributed by atoms with Gasteiger partial charge in [-0.05, 0) is 39.7 Å². The molecule has 0 spiro atoms. The number of benzene rings is 2. The molecule has 2 aromatic carbocycles. The first-order valence-electron chi connectivity index (χ1n) is 7.67. The Bertz CT molecular complexity index is 753. The van der Waals surface area contributed by atoms with Gasteiger partial charge in [-0.25, -0.2) is 4.39 Å². The molecule has 0 amide bonds. The van der Waals surface area contributed by atoms with Crippen molar-refractivity contribution in [3.8, 4) is 11.5 Å². The molecular weight excluding hydrogens is 389 g/mol. The second kappa shape index (κ2) is 9.27. The third kappa shape index (κ3) is 5.09.